The van der Waals surface area contributed by atoms with Crippen molar-refractivity contribution in [1.82, 2.24) is 14.6 Å². The Morgan fingerprint density at radius 2 is 1.86 bits per heavy atom. The van der Waals surface area contributed by atoms with Crippen LogP contribution in [0.2, 0.25) is 0 Å². The van der Waals surface area contributed by atoms with E-state index in [9.17, 15) is 18.0 Å². The number of hydrogen-bond donors (Lipinski definition) is 0. The van der Waals surface area contributed by atoms with Gasteiger partial charge < -0.3 is 9.15 Å². The van der Waals surface area contributed by atoms with Crippen LogP contribution < -0.4 is 14.8 Å². The Morgan fingerprint density at radius 1 is 1.06 bits per heavy atom. The number of ether oxygens (including phenoxy) is 1. The molecule has 3 heterocycles. The topological polar surface area (TPSA) is 69.6 Å². The van der Waals surface area contributed by atoms with Gasteiger partial charge in [-0.3, -0.25) is 4.79 Å². The second-order valence-electron chi connectivity index (χ2n) is 7.47. The van der Waals surface area contributed by atoms with Gasteiger partial charge in [0.25, 0.3) is 5.56 Å². The normalized spacial score (nSPS) is 12.7. The summed E-state index contributed by atoms with van der Waals surface area (Å²) in [7, 11) is 1.60. The van der Waals surface area contributed by atoms with E-state index in [4.69, 9.17) is 9.15 Å². The van der Waals surface area contributed by atoms with Crippen LogP contribution in [0.4, 0.5) is 13.2 Å². The van der Waals surface area contributed by atoms with Crippen LogP contribution in [0.1, 0.15) is 22.7 Å². The Balaban J connectivity index is 1.40. The van der Waals surface area contributed by atoms with E-state index < -0.39 is 11.7 Å². The fourth-order valence-corrected chi connectivity index (χ4v) is 4.26. The fourth-order valence-electron chi connectivity index (χ4n) is 3.37. The average Bonchev–Trinajstić information content (AvgIpc) is 3.55. The second-order valence-corrected chi connectivity index (χ2v) is 8.48. The summed E-state index contributed by atoms with van der Waals surface area (Å²) in [6.07, 6.45) is 0.608. The van der Waals surface area contributed by atoms with Crippen molar-refractivity contribution in [2.45, 2.75) is 6.18 Å². The van der Waals surface area contributed by atoms with Gasteiger partial charge in [-0.1, -0.05) is 41.7 Å². The van der Waals surface area contributed by atoms with E-state index in [0.29, 0.717) is 21.1 Å². The number of aromatic nitrogens is 3. The third-order valence-electron chi connectivity index (χ3n) is 5.11. The summed E-state index contributed by atoms with van der Waals surface area (Å²) in [6.45, 7) is 0. The lowest BCUT2D eigenvalue weighted by molar-refractivity contribution is -0.137. The summed E-state index contributed by atoms with van der Waals surface area (Å²) >= 11 is 1.14. The molecule has 176 valence electrons. The van der Waals surface area contributed by atoms with E-state index in [1.807, 2.05) is 30.3 Å². The first kappa shape index (κ1) is 22.6. The monoisotopic (exact) mass is 495 g/mol. The van der Waals surface area contributed by atoms with Gasteiger partial charge in [-0.15, -0.1) is 5.10 Å². The Hall–Kier alpha value is -4.18. The Morgan fingerprint density at radius 3 is 2.57 bits per heavy atom. The van der Waals surface area contributed by atoms with E-state index in [-0.39, 0.29) is 16.9 Å². The molecule has 3 aromatic heterocycles. The SMILES string of the molecule is COc1ccc(/C=C/c2nc3s/c(=C\c4ccc(-c5cccc(C(F)(F)F)c5)o4)c(=O)n3n2)cc1. The van der Waals surface area contributed by atoms with Gasteiger partial charge in [0.1, 0.15) is 21.8 Å². The number of halogens is 3. The molecule has 0 N–H and O–H groups in total. The van der Waals surface area contributed by atoms with Crippen molar-refractivity contribution >= 4 is 34.5 Å². The minimum Gasteiger partial charge on any atom is -0.497 e. The van der Waals surface area contributed by atoms with E-state index in [1.54, 1.807) is 25.3 Å². The summed E-state index contributed by atoms with van der Waals surface area (Å²) in [6, 6.07) is 15.5. The highest BCUT2D eigenvalue weighted by Gasteiger charge is 2.30. The summed E-state index contributed by atoms with van der Waals surface area (Å²) in [5.41, 5.74) is 0.0901. The van der Waals surface area contributed by atoms with Gasteiger partial charge in [-0.05, 0) is 48.0 Å². The zero-order valence-electron chi connectivity index (χ0n) is 18.1. The number of benzene rings is 2. The van der Waals surface area contributed by atoms with E-state index in [2.05, 4.69) is 10.1 Å². The Kier molecular flexibility index (Phi) is 5.73. The van der Waals surface area contributed by atoms with Crippen molar-refractivity contribution in [3.05, 3.63) is 98.3 Å². The van der Waals surface area contributed by atoms with Crippen LogP contribution in [0.3, 0.4) is 0 Å². The molecule has 0 aliphatic carbocycles. The van der Waals surface area contributed by atoms with Gasteiger partial charge in [0.05, 0.1) is 12.7 Å². The number of nitrogens with zero attached hydrogens (tertiary/aromatic N) is 3. The molecule has 0 atom stereocenters. The van der Waals surface area contributed by atoms with Crippen molar-refractivity contribution < 1.29 is 22.3 Å². The predicted octanol–water partition coefficient (Wildman–Crippen LogP) is 5.16. The highest BCUT2D eigenvalue weighted by atomic mass is 32.1. The molecule has 0 saturated heterocycles. The molecule has 0 bridgehead atoms. The first-order valence-corrected chi connectivity index (χ1v) is 11.1. The molecule has 0 spiro atoms. The van der Waals surface area contributed by atoms with Crippen LogP contribution in [0.15, 0.2) is 69.9 Å². The molecule has 0 aliphatic rings. The number of alkyl halides is 3. The molecule has 0 unspecified atom stereocenters. The number of thiazole rings is 1. The smallest absolute Gasteiger partial charge is 0.416 e. The Bertz CT molecular complexity index is 1650. The van der Waals surface area contributed by atoms with Crippen LogP contribution in [-0.4, -0.2) is 21.7 Å². The zero-order valence-corrected chi connectivity index (χ0v) is 18.9. The minimum atomic E-state index is -4.45. The molecule has 6 nitrogen and oxygen atoms in total. The highest BCUT2D eigenvalue weighted by Crippen LogP contribution is 2.32. The third kappa shape index (κ3) is 4.73. The maximum absolute atomic E-state index is 13.0. The van der Waals surface area contributed by atoms with E-state index in [0.717, 1.165) is 34.8 Å². The molecule has 5 rings (SSSR count). The maximum atomic E-state index is 13.0. The third-order valence-corrected chi connectivity index (χ3v) is 6.07. The molecule has 0 amide bonds. The fraction of sp³-hybridized carbons (Fsp3) is 0.0800. The first-order chi connectivity index (χ1) is 16.8. The second kappa shape index (κ2) is 8.88. The average molecular weight is 495 g/mol. The number of hydrogen-bond acceptors (Lipinski definition) is 6. The van der Waals surface area contributed by atoms with Crippen molar-refractivity contribution in [2.24, 2.45) is 0 Å². The van der Waals surface area contributed by atoms with Gasteiger partial charge in [-0.25, -0.2) is 0 Å². The van der Waals surface area contributed by atoms with Crippen LogP contribution in [0, 0.1) is 0 Å². The summed E-state index contributed by atoms with van der Waals surface area (Å²) in [4.78, 5) is 17.5. The van der Waals surface area contributed by atoms with E-state index >= 15 is 0 Å². The van der Waals surface area contributed by atoms with Crippen LogP contribution in [-0.2, 0) is 6.18 Å². The molecule has 5 aromatic rings. The molecule has 0 radical (unpaired) electrons. The van der Waals surface area contributed by atoms with Gasteiger partial charge in [0.2, 0.25) is 4.96 Å². The molecule has 0 saturated carbocycles. The quantitative estimate of drug-likeness (QED) is 0.337. The lowest BCUT2D eigenvalue weighted by Crippen LogP contribution is -2.23. The lowest BCUT2D eigenvalue weighted by Gasteiger charge is -2.07. The number of furan rings is 1. The van der Waals surface area contributed by atoms with Crippen LogP contribution >= 0.6 is 11.3 Å². The summed E-state index contributed by atoms with van der Waals surface area (Å²) < 4.78 is 51.3. The highest BCUT2D eigenvalue weighted by molar-refractivity contribution is 7.15. The van der Waals surface area contributed by atoms with Gasteiger partial charge >= 0.3 is 6.18 Å². The number of methoxy groups -OCH3 is 1. The summed E-state index contributed by atoms with van der Waals surface area (Å²) in [5.74, 6) is 1.74. The van der Waals surface area contributed by atoms with Crippen molar-refractivity contribution in [2.75, 3.05) is 7.11 Å². The van der Waals surface area contributed by atoms with Gasteiger partial charge in [-0.2, -0.15) is 22.7 Å². The maximum Gasteiger partial charge on any atom is 0.416 e. The molecular formula is C25H16F3N3O3S. The van der Waals surface area contributed by atoms with Gasteiger partial charge in [0, 0.05) is 11.6 Å². The number of rotatable bonds is 5. The number of fused-ring (bicyclic) bond motifs is 1. The molecular weight excluding hydrogens is 479 g/mol. The lowest BCUT2D eigenvalue weighted by atomic mass is 10.1. The molecule has 0 fully saturated rings. The predicted molar refractivity (Wildman–Crippen MR) is 127 cm³/mol. The van der Waals surface area contributed by atoms with Crippen molar-refractivity contribution in [3.63, 3.8) is 0 Å². The van der Waals surface area contributed by atoms with E-state index in [1.165, 1.54) is 22.7 Å². The standard InChI is InChI=1S/C25H16F3N3O3S/c1-33-18-8-5-15(6-9-18)7-12-22-29-24-31(30-22)23(32)21(35-24)14-19-10-11-20(34-19)16-3-2-4-17(13-16)25(26,27)28/h2-14H,1H3/b12-7+,21-14-. The molecule has 2 aromatic carbocycles. The Labute approximate surface area is 200 Å². The largest absolute Gasteiger partial charge is 0.497 e. The van der Waals surface area contributed by atoms with Crippen molar-refractivity contribution in [1.29, 1.82) is 0 Å². The summed E-state index contributed by atoms with van der Waals surface area (Å²) in [5, 5.41) is 4.24. The first-order valence-electron chi connectivity index (χ1n) is 10.3. The minimum absolute atomic E-state index is 0.264. The van der Waals surface area contributed by atoms with Crippen LogP contribution in [0.5, 0.6) is 5.75 Å². The van der Waals surface area contributed by atoms with Crippen molar-refractivity contribution in [3.8, 4) is 17.1 Å². The van der Waals surface area contributed by atoms with Gasteiger partial charge in [0.15, 0.2) is 5.82 Å². The van der Waals surface area contributed by atoms with Crippen LogP contribution in [0.25, 0.3) is 34.5 Å². The molecule has 10 heteroatoms. The molecule has 0 aliphatic heterocycles. The molecule has 35 heavy (non-hydrogen) atoms. The zero-order chi connectivity index (χ0) is 24.6.